The minimum atomic E-state index is -0.697. The van der Waals surface area contributed by atoms with Crippen LogP contribution in [0, 0.1) is 11.8 Å². The van der Waals surface area contributed by atoms with E-state index in [1.165, 1.54) is 0 Å². The second-order valence-corrected chi connectivity index (χ2v) is 5.38. The van der Waals surface area contributed by atoms with Crippen LogP contribution >= 0.6 is 11.6 Å². The highest BCUT2D eigenvalue weighted by Crippen LogP contribution is 2.29. The van der Waals surface area contributed by atoms with Gasteiger partial charge in [-0.2, -0.15) is 0 Å². The number of benzene rings is 1. The van der Waals surface area contributed by atoms with Crippen molar-refractivity contribution in [2.75, 3.05) is 6.61 Å². The Balaban J connectivity index is 2.11. The largest absolute Gasteiger partial charge is 0.465 e. The van der Waals surface area contributed by atoms with Gasteiger partial charge in [0.25, 0.3) is 0 Å². The molecule has 0 radical (unpaired) electrons. The van der Waals surface area contributed by atoms with Crippen LogP contribution in [0.15, 0.2) is 18.2 Å². The molecule has 0 N–H and O–H groups in total. The van der Waals surface area contributed by atoms with Crippen LogP contribution in [-0.2, 0) is 16.0 Å². The molecule has 0 spiro atoms. The number of halogens is 1. The van der Waals surface area contributed by atoms with Crippen LogP contribution in [0.3, 0.4) is 0 Å². The molecule has 0 heterocycles. The third-order valence-corrected chi connectivity index (χ3v) is 3.16. The van der Waals surface area contributed by atoms with Crippen LogP contribution in [-0.4, -0.2) is 18.4 Å². The SMILES string of the molecule is CC(C)COC(=O)C1Cc2ccc(Cl)cc2C1=O. The highest BCUT2D eigenvalue weighted by molar-refractivity contribution is 6.31. The molecule has 1 aliphatic carbocycles. The number of fused-ring (bicyclic) bond motifs is 1. The first kappa shape index (κ1) is 13.1. The summed E-state index contributed by atoms with van der Waals surface area (Å²) in [5.41, 5.74) is 1.42. The zero-order valence-corrected chi connectivity index (χ0v) is 11.2. The summed E-state index contributed by atoms with van der Waals surface area (Å²) < 4.78 is 5.13. The van der Waals surface area contributed by atoms with E-state index in [1.54, 1.807) is 18.2 Å². The lowest BCUT2D eigenvalue weighted by Gasteiger charge is -2.10. The van der Waals surface area contributed by atoms with Gasteiger partial charge < -0.3 is 4.74 Å². The van der Waals surface area contributed by atoms with E-state index in [1.807, 2.05) is 13.8 Å². The van der Waals surface area contributed by atoms with Crippen LogP contribution < -0.4 is 0 Å². The van der Waals surface area contributed by atoms with E-state index in [2.05, 4.69) is 0 Å². The fourth-order valence-corrected chi connectivity index (χ4v) is 2.17. The molecule has 18 heavy (non-hydrogen) atoms. The molecule has 0 saturated carbocycles. The molecule has 3 nitrogen and oxygen atoms in total. The lowest BCUT2D eigenvalue weighted by molar-refractivity contribution is -0.147. The molecule has 0 fully saturated rings. The third-order valence-electron chi connectivity index (χ3n) is 2.92. The molecular weight excluding hydrogens is 252 g/mol. The molecule has 0 amide bonds. The highest BCUT2D eigenvalue weighted by Gasteiger charge is 2.37. The normalized spacial score (nSPS) is 18.0. The number of hydrogen-bond acceptors (Lipinski definition) is 3. The highest BCUT2D eigenvalue weighted by atomic mass is 35.5. The van der Waals surface area contributed by atoms with Crippen LogP contribution in [0.1, 0.15) is 29.8 Å². The van der Waals surface area contributed by atoms with Crippen molar-refractivity contribution < 1.29 is 14.3 Å². The summed E-state index contributed by atoms with van der Waals surface area (Å²) in [5, 5.41) is 0.512. The van der Waals surface area contributed by atoms with E-state index in [0.717, 1.165) is 5.56 Å². The Bertz CT molecular complexity index is 494. The second-order valence-electron chi connectivity index (χ2n) is 4.95. The van der Waals surface area contributed by atoms with Crippen LogP contribution in [0.2, 0.25) is 5.02 Å². The number of carbonyl (C=O) groups excluding carboxylic acids is 2. The van der Waals surface area contributed by atoms with E-state index >= 15 is 0 Å². The fraction of sp³-hybridized carbons (Fsp3) is 0.429. The van der Waals surface area contributed by atoms with Gasteiger partial charge in [-0.15, -0.1) is 0 Å². The number of Topliss-reactive ketones (excluding diaryl/α,β-unsaturated/α-hetero) is 1. The summed E-state index contributed by atoms with van der Waals surface area (Å²) in [6.07, 6.45) is 0.419. The molecule has 1 unspecified atom stereocenters. The van der Waals surface area contributed by atoms with Gasteiger partial charge in [-0.05, 0) is 30.0 Å². The first-order valence-corrected chi connectivity index (χ1v) is 6.36. The van der Waals surface area contributed by atoms with Crippen molar-refractivity contribution >= 4 is 23.4 Å². The maximum atomic E-state index is 12.1. The number of carbonyl (C=O) groups is 2. The number of rotatable bonds is 3. The molecule has 4 heteroatoms. The van der Waals surface area contributed by atoms with Gasteiger partial charge in [-0.1, -0.05) is 31.5 Å². The van der Waals surface area contributed by atoms with Gasteiger partial charge in [-0.25, -0.2) is 0 Å². The lowest BCUT2D eigenvalue weighted by atomic mass is 10.1. The maximum Gasteiger partial charge on any atom is 0.317 e. The van der Waals surface area contributed by atoms with Gasteiger partial charge in [0.2, 0.25) is 0 Å². The minimum Gasteiger partial charge on any atom is -0.465 e. The molecule has 1 aliphatic rings. The molecule has 96 valence electrons. The number of hydrogen-bond donors (Lipinski definition) is 0. The Hall–Kier alpha value is -1.35. The first-order chi connectivity index (χ1) is 8.49. The minimum absolute atomic E-state index is 0.179. The number of esters is 1. The van der Waals surface area contributed by atoms with Crippen molar-refractivity contribution in [3.63, 3.8) is 0 Å². The fourth-order valence-electron chi connectivity index (χ4n) is 2.00. The van der Waals surface area contributed by atoms with Gasteiger partial charge in [0.1, 0.15) is 5.92 Å². The standard InChI is InChI=1S/C14H15ClO3/c1-8(2)7-18-14(17)12-5-9-3-4-10(15)6-11(9)13(12)16/h3-4,6,8,12H,5,7H2,1-2H3. The average Bonchev–Trinajstić information content (AvgIpc) is 2.64. The summed E-state index contributed by atoms with van der Waals surface area (Å²) >= 11 is 5.85. The number of ketones is 1. The topological polar surface area (TPSA) is 43.4 Å². The average molecular weight is 267 g/mol. The Morgan fingerprint density at radius 2 is 2.22 bits per heavy atom. The Morgan fingerprint density at radius 1 is 1.50 bits per heavy atom. The van der Waals surface area contributed by atoms with Crippen molar-refractivity contribution in [2.24, 2.45) is 11.8 Å². The smallest absolute Gasteiger partial charge is 0.317 e. The van der Waals surface area contributed by atoms with Gasteiger partial charge in [0, 0.05) is 10.6 Å². The molecule has 2 rings (SSSR count). The molecular formula is C14H15ClO3. The predicted molar refractivity (Wildman–Crippen MR) is 68.8 cm³/mol. The van der Waals surface area contributed by atoms with Crippen molar-refractivity contribution in [1.82, 2.24) is 0 Å². The van der Waals surface area contributed by atoms with Crippen molar-refractivity contribution in [1.29, 1.82) is 0 Å². The van der Waals surface area contributed by atoms with Crippen molar-refractivity contribution in [2.45, 2.75) is 20.3 Å². The van der Waals surface area contributed by atoms with E-state index in [0.29, 0.717) is 23.6 Å². The summed E-state index contributed by atoms with van der Waals surface area (Å²) in [5.74, 6) is -1.04. The molecule has 1 aromatic carbocycles. The molecule has 0 saturated heterocycles. The number of ether oxygens (including phenoxy) is 1. The van der Waals surface area contributed by atoms with E-state index < -0.39 is 11.9 Å². The van der Waals surface area contributed by atoms with E-state index in [9.17, 15) is 9.59 Å². The zero-order valence-electron chi connectivity index (χ0n) is 10.4. The predicted octanol–water partition coefficient (Wildman–Crippen LogP) is 2.89. The van der Waals surface area contributed by atoms with E-state index in [-0.39, 0.29) is 11.7 Å². The molecule has 1 aromatic rings. The Labute approximate surface area is 111 Å². The van der Waals surface area contributed by atoms with Crippen LogP contribution in [0.4, 0.5) is 0 Å². The third kappa shape index (κ3) is 2.56. The van der Waals surface area contributed by atoms with Crippen molar-refractivity contribution in [3.8, 4) is 0 Å². The van der Waals surface area contributed by atoms with Crippen molar-refractivity contribution in [3.05, 3.63) is 34.3 Å². The van der Waals surface area contributed by atoms with Gasteiger partial charge in [-0.3, -0.25) is 9.59 Å². The summed E-state index contributed by atoms with van der Waals surface area (Å²) in [6.45, 7) is 4.26. The van der Waals surface area contributed by atoms with Gasteiger partial charge in [0.15, 0.2) is 5.78 Å². The quantitative estimate of drug-likeness (QED) is 0.624. The lowest BCUT2D eigenvalue weighted by Crippen LogP contribution is -2.24. The Kier molecular flexibility index (Phi) is 3.71. The molecule has 0 bridgehead atoms. The summed E-state index contributed by atoms with van der Waals surface area (Å²) in [4.78, 5) is 23.9. The molecule has 0 aliphatic heterocycles. The van der Waals surface area contributed by atoms with Crippen LogP contribution in [0.25, 0.3) is 0 Å². The molecule has 1 atom stereocenters. The summed E-state index contributed by atoms with van der Waals surface area (Å²) in [6, 6.07) is 5.15. The second kappa shape index (κ2) is 5.11. The zero-order chi connectivity index (χ0) is 13.3. The Morgan fingerprint density at radius 3 is 2.89 bits per heavy atom. The van der Waals surface area contributed by atoms with E-state index in [4.69, 9.17) is 16.3 Å². The van der Waals surface area contributed by atoms with Crippen LogP contribution in [0.5, 0.6) is 0 Å². The van der Waals surface area contributed by atoms with Gasteiger partial charge >= 0.3 is 5.97 Å². The molecule has 0 aromatic heterocycles. The monoisotopic (exact) mass is 266 g/mol. The summed E-state index contributed by atoms with van der Waals surface area (Å²) in [7, 11) is 0. The maximum absolute atomic E-state index is 12.1. The first-order valence-electron chi connectivity index (χ1n) is 5.98. The van der Waals surface area contributed by atoms with Gasteiger partial charge in [0.05, 0.1) is 6.61 Å².